The van der Waals surface area contributed by atoms with Crippen molar-refractivity contribution in [1.29, 1.82) is 0 Å². The van der Waals surface area contributed by atoms with Crippen LogP contribution in [0.5, 0.6) is 0 Å². The number of benzene rings is 2. The van der Waals surface area contributed by atoms with Crippen LogP contribution in [0.3, 0.4) is 0 Å². The minimum Gasteiger partial charge on any atom is -0.386 e. The Morgan fingerprint density at radius 2 is 1.80 bits per heavy atom. The molecule has 1 aromatic heterocycles. The monoisotopic (exact) mass is 263 g/mol. The first-order valence-corrected chi connectivity index (χ1v) is 6.81. The average molecular weight is 263 g/mol. The maximum atomic E-state index is 10.4. The van der Waals surface area contributed by atoms with Crippen molar-refractivity contribution in [3.8, 4) is 0 Å². The van der Waals surface area contributed by atoms with E-state index < -0.39 is 6.10 Å². The van der Waals surface area contributed by atoms with Gasteiger partial charge in [0.15, 0.2) is 0 Å². The predicted octanol–water partition coefficient (Wildman–Crippen LogP) is 3.82. The van der Waals surface area contributed by atoms with E-state index in [4.69, 9.17) is 0 Å². The molecule has 3 aromatic rings. The fraction of sp³-hybridized carbons (Fsp3) is 0.167. The summed E-state index contributed by atoms with van der Waals surface area (Å²) in [6.45, 7) is 1.99. The average Bonchev–Trinajstić information content (AvgIpc) is 2.48. The van der Waals surface area contributed by atoms with Gasteiger partial charge in [-0.15, -0.1) is 0 Å². The van der Waals surface area contributed by atoms with Crippen LogP contribution in [0.4, 0.5) is 0 Å². The van der Waals surface area contributed by atoms with Crippen molar-refractivity contribution < 1.29 is 5.11 Å². The number of pyridine rings is 1. The third-order valence-corrected chi connectivity index (χ3v) is 3.57. The fourth-order valence-electron chi connectivity index (χ4n) is 2.46. The lowest BCUT2D eigenvalue weighted by Crippen LogP contribution is -2.04. The summed E-state index contributed by atoms with van der Waals surface area (Å²) in [5.74, 6) is 0. The van der Waals surface area contributed by atoms with Crippen LogP contribution in [0, 0.1) is 6.92 Å². The number of aliphatic hydroxyl groups excluding tert-OH is 1. The van der Waals surface area contributed by atoms with Gasteiger partial charge in [0.05, 0.1) is 11.8 Å². The number of fused-ring (bicyclic) bond motifs is 1. The molecule has 0 radical (unpaired) electrons. The second-order valence-electron chi connectivity index (χ2n) is 5.12. The summed E-state index contributed by atoms with van der Waals surface area (Å²) in [5.41, 5.74) is 2.98. The molecule has 2 nitrogen and oxygen atoms in total. The van der Waals surface area contributed by atoms with E-state index in [0.717, 1.165) is 16.8 Å². The summed E-state index contributed by atoms with van der Waals surface area (Å²) in [6.07, 6.45) is 1.81. The van der Waals surface area contributed by atoms with Crippen LogP contribution >= 0.6 is 0 Å². The minimum absolute atomic E-state index is 0.568. The molecule has 0 spiro atoms. The Labute approximate surface area is 118 Å². The molecule has 3 rings (SSSR count). The van der Waals surface area contributed by atoms with Crippen molar-refractivity contribution in [2.75, 3.05) is 0 Å². The highest BCUT2D eigenvalue weighted by molar-refractivity contribution is 5.85. The Morgan fingerprint density at radius 1 is 1.00 bits per heavy atom. The normalized spacial score (nSPS) is 12.5. The van der Waals surface area contributed by atoms with E-state index in [-0.39, 0.29) is 0 Å². The topological polar surface area (TPSA) is 33.1 Å². The van der Waals surface area contributed by atoms with Gasteiger partial charge in [-0.3, -0.25) is 4.98 Å². The molecule has 0 aliphatic heterocycles. The highest BCUT2D eigenvalue weighted by Gasteiger charge is 2.11. The molecule has 1 atom stereocenters. The van der Waals surface area contributed by atoms with Crippen molar-refractivity contribution in [2.45, 2.75) is 19.4 Å². The Bertz CT molecular complexity index is 714. The molecular formula is C18H17NO. The number of aromatic nitrogens is 1. The van der Waals surface area contributed by atoms with Crippen molar-refractivity contribution in [2.24, 2.45) is 0 Å². The fourth-order valence-corrected chi connectivity index (χ4v) is 2.46. The Hall–Kier alpha value is -2.19. The highest BCUT2D eigenvalue weighted by atomic mass is 16.3. The Kier molecular flexibility index (Phi) is 3.48. The third kappa shape index (κ3) is 2.56. The summed E-state index contributed by atoms with van der Waals surface area (Å²) in [7, 11) is 0. The second kappa shape index (κ2) is 5.43. The summed E-state index contributed by atoms with van der Waals surface area (Å²) < 4.78 is 0. The van der Waals surface area contributed by atoms with E-state index in [9.17, 15) is 5.11 Å². The van der Waals surface area contributed by atoms with Crippen molar-refractivity contribution in [1.82, 2.24) is 4.98 Å². The van der Waals surface area contributed by atoms with Crippen LogP contribution in [0.2, 0.25) is 0 Å². The lowest BCUT2D eigenvalue weighted by atomic mass is 9.98. The van der Waals surface area contributed by atoms with Gasteiger partial charge in [0, 0.05) is 12.6 Å². The molecule has 2 aromatic carbocycles. The zero-order valence-corrected chi connectivity index (χ0v) is 11.5. The van der Waals surface area contributed by atoms with Crippen LogP contribution in [0.15, 0.2) is 60.8 Å². The largest absolute Gasteiger partial charge is 0.386 e. The summed E-state index contributed by atoms with van der Waals surface area (Å²) in [5, 5.41) is 12.8. The molecule has 0 aliphatic rings. The lowest BCUT2D eigenvalue weighted by molar-refractivity contribution is 0.174. The molecule has 0 saturated heterocycles. The van der Waals surface area contributed by atoms with E-state index in [1.807, 2.05) is 37.3 Å². The van der Waals surface area contributed by atoms with E-state index in [0.29, 0.717) is 6.42 Å². The molecule has 1 unspecified atom stereocenters. The molecule has 0 aliphatic carbocycles. The van der Waals surface area contributed by atoms with Gasteiger partial charge < -0.3 is 5.11 Å². The zero-order valence-electron chi connectivity index (χ0n) is 11.5. The number of rotatable bonds is 3. The molecule has 20 heavy (non-hydrogen) atoms. The number of hydrogen-bond donors (Lipinski definition) is 1. The van der Waals surface area contributed by atoms with Gasteiger partial charge in [-0.1, -0.05) is 48.5 Å². The quantitative estimate of drug-likeness (QED) is 0.779. The van der Waals surface area contributed by atoms with Gasteiger partial charge in [0.1, 0.15) is 0 Å². The lowest BCUT2D eigenvalue weighted by Gasteiger charge is -2.12. The van der Waals surface area contributed by atoms with Crippen LogP contribution < -0.4 is 0 Å². The molecule has 0 fully saturated rings. The molecular weight excluding hydrogens is 246 g/mol. The summed E-state index contributed by atoms with van der Waals surface area (Å²) in [6, 6.07) is 18.3. The molecule has 1 N–H and O–H groups in total. The first-order chi connectivity index (χ1) is 9.74. The molecule has 1 heterocycles. The van der Waals surface area contributed by atoms with Crippen molar-refractivity contribution in [3.05, 3.63) is 77.6 Å². The SMILES string of the molecule is Cc1ccc(C(O)Cc2cccc3ccccc23)nc1. The first-order valence-electron chi connectivity index (χ1n) is 6.81. The maximum absolute atomic E-state index is 10.4. The summed E-state index contributed by atoms with van der Waals surface area (Å²) in [4.78, 5) is 4.30. The van der Waals surface area contributed by atoms with Crippen LogP contribution in [-0.4, -0.2) is 10.1 Å². The second-order valence-corrected chi connectivity index (χ2v) is 5.12. The van der Waals surface area contributed by atoms with Crippen LogP contribution in [0.1, 0.15) is 22.9 Å². The number of hydrogen-bond acceptors (Lipinski definition) is 2. The molecule has 0 bridgehead atoms. The zero-order chi connectivity index (χ0) is 13.9. The molecule has 0 saturated carbocycles. The molecule has 0 amide bonds. The number of aliphatic hydroxyl groups is 1. The van der Waals surface area contributed by atoms with Crippen LogP contribution in [-0.2, 0) is 6.42 Å². The van der Waals surface area contributed by atoms with E-state index in [1.165, 1.54) is 10.8 Å². The Morgan fingerprint density at radius 3 is 2.60 bits per heavy atom. The van der Waals surface area contributed by atoms with Crippen LogP contribution in [0.25, 0.3) is 10.8 Å². The van der Waals surface area contributed by atoms with Crippen molar-refractivity contribution >= 4 is 10.8 Å². The maximum Gasteiger partial charge on any atom is 0.1000 e. The molecule has 100 valence electrons. The number of nitrogens with zero attached hydrogens (tertiary/aromatic N) is 1. The standard InChI is InChI=1S/C18H17NO/c1-13-9-10-17(19-12-13)18(20)11-15-7-4-6-14-5-2-3-8-16(14)15/h2-10,12,18,20H,11H2,1H3. The smallest absolute Gasteiger partial charge is 0.1000 e. The summed E-state index contributed by atoms with van der Waals surface area (Å²) >= 11 is 0. The number of aryl methyl sites for hydroxylation is 1. The third-order valence-electron chi connectivity index (χ3n) is 3.57. The van der Waals surface area contributed by atoms with Gasteiger partial charge >= 0.3 is 0 Å². The van der Waals surface area contributed by atoms with E-state index >= 15 is 0 Å². The van der Waals surface area contributed by atoms with Gasteiger partial charge in [-0.25, -0.2) is 0 Å². The minimum atomic E-state index is -0.568. The highest BCUT2D eigenvalue weighted by Crippen LogP contribution is 2.23. The first kappa shape index (κ1) is 12.8. The van der Waals surface area contributed by atoms with Gasteiger partial charge in [0.2, 0.25) is 0 Å². The Balaban J connectivity index is 1.91. The van der Waals surface area contributed by atoms with Gasteiger partial charge in [-0.05, 0) is 34.9 Å². The van der Waals surface area contributed by atoms with E-state index in [2.05, 4.69) is 29.2 Å². The molecule has 2 heteroatoms. The van der Waals surface area contributed by atoms with E-state index in [1.54, 1.807) is 6.20 Å². The van der Waals surface area contributed by atoms with Crippen molar-refractivity contribution in [3.63, 3.8) is 0 Å². The van der Waals surface area contributed by atoms with Gasteiger partial charge in [-0.2, -0.15) is 0 Å². The predicted molar refractivity (Wildman–Crippen MR) is 81.6 cm³/mol. The van der Waals surface area contributed by atoms with Gasteiger partial charge in [0.25, 0.3) is 0 Å².